The van der Waals surface area contributed by atoms with Gasteiger partial charge in [-0.25, -0.2) is 0 Å². The van der Waals surface area contributed by atoms with E-state index >= 15 is 0 Å². The summed E-state index contributed by atoms with van der Waals surface area (Å²) in [6.45, 7) is 5.67. The molecular formula is C22H28N4O2S. The highest BCUT2D eigenvalue weighted by Crippen LogP contribution is 2.43. The Hall–Kier alpha value is -1.83. The summed E-state index contributed by atoms with van der Waals surface area (Å²) in [5, 5.41) is 4.94. The first kappa shape index (κ1) is 19.2. The molecule has 154 valence electrons. The Labute approximate surface area is 176 Å². The predicted molar refractivity (Wildman–Crippen MR) is 114 cm³/mol. The Bertz CT molecular complexity index is 906. The summed E-state index contributed by atoms with van der Waals surface area (Å²) < 4.78 is 7.58. The number of carbonyl (C=O) groups is 1. The summed E-state index contributed by atoms with van der Waals surface area (Å²) in [6, 6.07) is 8.53. The summed E-state index contributed by atoms with van der Waals surface area (Å²) in [4.78, 5) is 18.9. The summed E-state index contributed by atoms with van der Waals surface area (Å²) >= 11 is 1.81. The van der Waals surface area contributed by atoms with Crippen LogP contribution in [0.25, 0.3) is 11.3 Å². The van der Waals surface area contributed by atoms with Crippen LogP contribution in [0.3, 0.4) is 0 Å². The van der Waals surface area contributed by atoms with Gasteiger partial charge in [0.05, 0.1) is 18.9 Å². The van der Waals surface area contributed by atoms with Crippen molar-refractivity contribution < 1.29 is 9.53 Å². The maximum Gasteiger partial charge on any atom is 0.274 e. The fourth-order valence-electron chi connectivity index (χ4n) is 4.76. The van der Waals surface area contributed by atoms with Crippen molar-refractivity contribution in [3.63, 3.8) is 0 Å². The fourth-order valence-corrected chi connectivity index (χ4v) is 5.83. The Morgan fingerprint density at radius 2 is 2.07 bits per heavy atom. The third-order valence-corrected chi connectivity index (χ3v) is 7.32. The van der Waals surface area contributed by atoms with Gasteiger partial charge in [-0.05, 0) is 38.4 Å². The van der Waals surface area contributed by atoms with Crippen LogP contribution in [0.1, 0.15) is 28.9 Å². The lowest BCUT2D eigenvalue weighted by Gasteiger charge is -2.30. The average Bonchev–Trinajstić information content (AvgIpc) is 3.12. The second-order valence-electron chi connectivity index (χ2n) is 8.32. The first-order chi connectivity index (χ1) is 14.2. The van der Waals surface area contributed by atoms with Crippen molar-refractivity contribution in [3.8, 4) is 11.3 Å². The van der Waals surface area contributed by atoms with Crippen LogP contribution in [0.4, 0.5) is 0 Å². The number of carbonyl (C=O) groups excluding carboxylic acids is 1. The minimum atomic E-state index is 0.0593. The molecule has 5 rings (SSSR count). The number of morpholine rings is 1. The van der Waals surface area contributed by atoms with Crippen molar-refractivity contribution in [2.24, 2.45) is 5.92 Å². The number of nitrogens with zero attached hydrogens (tertiary/aromatic N) is 4. The van der Waals surface area contributed by atoms with Gasteiger partial charge in [-0.2, -0.15) is 5.10 Å². The summed E-state index contributed by atoms with van der Waals surface area (Å²) in [6.07, 6.45) is 2.46. The fraction of sp³-hybridized carbons (Fsp3) is 0.545. The molecule has 0 radical (unpaired) electrons. The molecule has 29 heavy (non-hydrogen) atoms. The second-order valence-corrected chi connectivity index (χ2v) is 9.33. The van der Waals surface area contributed by atoms with Crippen LogP contribution in [0, 0.1) is 5.92 Å². The molecule has 0 aliphatic carbocycles. The number of ether oxygens (including phenoxy) is 1. The Morgan fingerprint density at radius 1 is 1.24 bits per heavy atom. The van der Waals surface area contributed by atoms with E-state index in [1.165, 1.54) is 29.8 Å². The molecule has 1 atom stereocenters. The van der Waals surface area contributed by atoms with E-state index in [9.17, 15) is 4.79 Å². The number of hydrogen-bond donors (Lipinski definition) is 0. The molecule has 2 saturated heterocycles. The van der Waals surface area contributed by atoms with Crippen LogP contribution in [-0.4, -0.2) is 71.9 Å². The van der Waals surface area contributed by atoms with Gasteiger partial charge in [0.1, 0.15) is 0 Å². The molecule has 0 saturated carbocycles. The standard InChI is InChI=1S/C22H28N4O2S/c1-24-8-4-5-16(13-24)14-26-21-17-6-2-3-7-19(17)29-15-18(21)20(23-26)22(27)25-9-11-28-12-10-25/h2-3,6-7,16H,4-5,8-15H2,1H3. The molecule has 3 aliphatic rings. The monoisotopic (exact) mass is 412 g/mol. The number of rotatable bonds is 3. The van der Waals surface area contributed by atoms with Crippen molar-refractivity contribution >= 4 is 17.7 Å². The summed E-state index contributed by atoms with van der Waals surface area (Å²) in [5.74, 6) is 1.44. The molecule has 2 fully saturated rings. The topological polar surface area (TPSA) is 50.6 Å². The van der Waals surface area contributed by atoms with Gasteiger partial charge < -0.3 is 14.5 Å². The van der Waals surface area contributed by atoms with Crippen molar-refractivity contribution in [2.45, 2.75) is 30.0 Å². The van der Waals surface area contributed by atoms with Gasteiger partial charge in [-0.1, -0.05) is 18.2 Å². The third-order valence-electron chi connectivity index (χ3n) is 6.22. The molecule has 1 unspecified atom stereocenters. The number of amides is 1. The number of aromatic nitrogens is 2. The third kappa shape index (κ3) is 3.71. The van der Waals surface area contributed by atoms with Crippen molar-refractivity contribution in [2.75, 3.05) is 46.4 Å². The Morgan fingerprint density at radius 3 is 2.90 bits per heavy atom. The van der Waals surface area contributed by atoms with E-state index in [2.05, 4.69) is 40.9 Å². The number of hydrogen-bond acceptors (Lipinski definition) is 5. The van der Waals surface area contributed by atoms with Crippen molar-refractivity contribution in [1.82, 2.24) is 19.6 Å². The number of piperidine rings is 1. The number of thioether (sulfide) groups is 1. The van der Waals surface area contributed by atoms with Gasteiger partial charge in [-0.15, -0.1) is 11.8 Å². The van der Waals surface area contributed by atoms with Crippen LogP contribution in [0.15, 0.2) is 29.2 Å². The van der Waals surface area contributed by atoms with Gasteiger partial charge in [-0.3, -0.25) is 9.48 Å². The van der Waals surface area contributed by atoms with Gasteiger partial charge >= 0.3 is 0 Å². The van der Waals surface area contributed by atoms with E-state index in [4.69, 9.17) is 9.84 Å². The molecule has 1 aromatic heterocycles. The molecule has 3 aliphatic heterocycles. The van der Waals surface area contributed by atoms with E-state index in [-0.39, 0.29) is 5.91 Å². The maximum atomic E-state index is 13.3. The van der Waals surface area contributed by atoms with Gasteiger partial charge in [0.2, 0.25) is 0 Å². The van der Waals surface area contributed by atoms with Crippen LogP contribution >= 0.6 is 11.8 Å². The Kier molecular flexibility index (Phi) is 5.37. The van der Waals surface area contributed by atoms with Crippen molar-refractivity contribution in [3.05, 3.63) is 35.5 Å². The molecule has 0 bridgehead atoms. The molecule has 1 amide bonds. The molecule has 1 aromatic carbocycles. The summed E-state index contributed by atoms with van der Waals surface area (Å²) in [5.41, 5.74) is 4.13. The highest BCUT2D eigenvalue weighted by atomic mass is 32.2. The van der Waals surface area contributed by atoms with Crippen LogP contribution in [0.5, 0.6) is 0 Å². The van der Waals surface area contributed by atoms with E-state index in [1.54, 1.807) is 0 Å². The van der Waals surface area contributed by atoms with E-state index < -0.39 is 0 Å². The highest BCUT2D eigenvalue weighted by Gasteiger charge is 2.32. The first-order valence-corrected chi connectivity index (χ1v) is 11.6. The van der Waals surface area contributed by atoms with Crippen LogP contribution in [0.2, 0.25) is 0 Å². The normalized spacial score (nSPS) is 22.2. The smallest absolute Gasteiger partial charge is 0.274 e. The van der Waals surface area contributed by atoms with E-state index in [1.807, 2.05) is 16.7 Å². The first-order valence-electron chi connectivity index (χ1n) is 10.6. The quantitative estimate of drug-likeness (QED) is 0.776. The maximum absolute atomic E-state index is 13.3. The largest absolute Gasteiger partial charge is 0.378 e. The Balaban J connectivity index is 1.53. The molecule has 7 heteroatoms. The molecule has 0 N–H and O–H groups in total. The van der Waals surface area contributed by atoms with Crippen molar-refractivity contribution in [1.29, 1.82) is 0 Å². The molecule has 4 heterocycles. The van der Waals surface area contributed by atoms with Crippen LogP contribution in [-0.2, 0) is 17.0 Å². The lowest BCUT2D eigenvalue weighted by molar-refractivity contribution is 0.0297. The zero-order valence-corrected chi connectivity index (χ0v) is 17.8. The predicted octanol–water partition coefficient (Wildman–Crippen LogP) is 2.97. The van der Waals surface area contributed by atoms with Gasteiger partial charge in [0.25, 0.3) is 5.91 Å². The minimum absolute atomic E-state index is 0.0593. The SMILES string of the molecule is CN1CCCC(Cn2nc(C(=O)N3CCOCC3)c3c2-c2ccccc2SC3)C1. The molecule has 2 aromatic rings. The van der Waals surface area contributed by atoms with E-state index in [0.717, 1.165) is 30.1 Å². The van der Waals surface area contributed by atoms with Crippen LogP contribution < -0.4 is 0 Å². The summed E-state index contributed by atoms with van der Waals surface area (Å²) in [7, 11) is 2.20. The van der Waals surface area contributed by atoms with E-state index in [0.29, 0.717) is 37.9 Å². The zero-order valence-electron chi connectivity index (χ0n) is 17.0. The lowest BCUT2D eigenvalue weighted by Crippen LogP contribution is -2.41. The zero-order chi connectivity index (χ0) is 19.8. The molecular weight excluding hydrogens is 384 g/mol. The number of fused-ring (bicyclic) bond motifs is 3. The minimum Gasteiger partial charge on any atom is -0.378 e. The van der Waals surface area contributed by atoms with Gasteiger partial charge in [0, 0.05) is 48.0 Å². The molecule has 0 spiro atoms. The molecule has 6 nitrogen and oxygen atoms in total. The van der Waals surface area contributed by atoms with Gasteiger partial charge in [0.15, 0.2) is 5.69 Å². The lowest BCUT2D eigenvalue weighted by atomic mass is 9.98. The highest BCUT2D eigenvalue weighted by molar-refractivity contribution is 7.98. The second kappa shape index (κ2) is 8.13. The average molecular weight is 413 g/mol. The number of likely N-dealkylation sites (tertiary alicyclic amines) is 1. The number of benzene rings is 1.